The first-order chi connectivity index (χ1) is 13.7. The maximum atomic E-state index is 11.8. The van der Waals surface area contributed by atoms with Gasteiger partial charge in [-0.2, -0.15) is 0 Å². The molecule has 28 heavy (non-hydrogen) atoms. The molecule has 0 heterocycles. The predicted molar refractivity (Wildman–Crippen MR) is 105 cm³/mol. The monoisotopic (exact) mass is 364 g/mol. The van der Waals surface area contributed by atoms with Gasteiger partial charge in [-0.1, -0.05) is 66.4 Å². The Bertz CT molecular complexity index is 1280. The molecule has 5 rings (SSSR count). The van der Waals surface area contributed by atoms with Gasteiger partial charge >= 0.3 is 11.9 Å². The summed E-state index contributed by atoms with van der Waals surface area (Å²) in [5.74, 6) is 8.00. The first-order valence-electron chi connectivity index (χ1n) is 8.46. The van der Waals surface area contributed by atoms with Crippen LogP contribution in [-0.2, 0) is 19.4 Å². The molecule has 0 radical (unpaired) electrons. The van der Waals surface area contributed by atoms with E-state index in [1.807, 2.05) is 48.5 Å². The average molecular weight is 364 g/mol. The van der Waals surface area contributed by atoms with Gasteiger partial charge in [0, 0.05) is 28.4 Å². The molecule has 4 heteroatoms. The summed E-state index contributed by atoms with van der Waals surface area (Å²) in [6.45, 7) is 0. The molecule has 0 fully saturated rings. The highest BCUT2D eigenvalue weighted by atomic mass is 17.2. The topological polar surface area (TPSA) is 52.6 Å². The average Bonchev–Trinajstić information content (AvgIpc) is 2.76. The van der Waals surface area contributed by atoms with E-state index in [1.54, 1.807) is 24.3 Å². The zero-order chi connectivity index (χ0) is 19.3. The standard InChI is InChI=1S/C24H12O4/c25-22(15-9-17-5-2-1-3-6-17)27-28-23(26)16-14-19-7-4-8-21-18-10-12-20(13-11-18)24(19)21/h1-8,10-13H. The summed E-state index contributed by atoms with van der Waals surface area (Å²) < 4.78 is 0. The molecule has 5 aromatic carbocycles. The van der Waals surface area contributed by atoms with Crippen molar-refractivity contribution in [1.82, 2.24) is 0 Å². The third kappa shape index (κ3) is 3.62. The first kappa shape index (κ1) is 17.1. The Labute approximate surface area is 160 Å². The highest BCUT2D eigenvalue weighted by Crippen LogP contribution is 2.30. The molecule has 0 unspecified atom stereocenters. The van der Waals surface area contributed by atoms with E-state index >= 15 is 0 Å². The molecule has 0 N–H and O–H groups in total. The van der Waals surface area contributed by atoms with Crippen LogP contribution in [0.1, 0.15) is 11.1 Å². The summed E-state index contributed by atoms with van der Waals surface area (Å²) in [6.07, 6.45) is 0. The number of benzene rings is 5. The maximum Gasteiger partial charge on any atom is 0.430 e. The van der Waals surface area contributed by atoms with Crippen LogP contribution >= 0.6 is 0 Å². The molecular weight excluding hydrogens is 352 g/mol. The lowest BCUT2D eigenvalue weighted by molar-refractivity contribution is -0.248. The van der Waals surface area contributed by atoms with E-state index in [2.05, 4.69) is 33.5 Å². The van der Waals surface area contributed by atoms with Crippen molar-refractivity contribution < 1.29 is 19.4 Å². The Morgan fingerprint density at radius 2 is 1.29 bits per heavy atom. The summed E-state index contributed by atoms with van der Waals surface area (Å²) >= 11 is 0. The minimum Gasteiger partial charge on any atom is -0.231 e. The van der Waals surface area contributed by atoms with Gasteiger partial charge < -0.3 is 0 Å². The normalized spacial score (nSPS) is 9.86. The Balaban J connectivity index is 1.44. The summed E-state index contributed by atoms with van der Waals surface area (Å²) in [6, 6.07) is 22.7. The Morgan fingerprint density at radius 3 is 2.00 bits per heavy atom. The van der Waals surface area contributed by atoms with Gasteiger partial charge in [0.15, 0.2) is 0 Å². The summed E-state index contributed by atoms with van der Waals surface area (Å²) in [5, 5.41) is 4.18. The first-order valence-corrected chi connectivity index (χ1v) is 8.46. The zero-order valence-electron chi connectivity index (χ0n) is 14.6. The van der Waals surface area contributed by atoms with Crippen LogP contribution in [0.15, 0.2) is 72.8 Å². The van der Waals surface area contributed by atoms with Crippen LogP contribution in [0.5, 0.6) is 0 Å². The van der Waals surface area contributed by atoms with E-state index in [4.69, 9.17) is 0 Å². The molecule has 5 aromatic rings. The molecule has 2 bridgehead atoms. The van der Waals surface area contributed by atoms with E-state index in [-0.39, 0.29) is 0 Å². The third-order valence-electron chi connectivity index (χ3n) is 4.12. The predicted octanol–water partition coefficient (Wildman–Crippen LogP) is 3.84. The van der Waals surface area contributed by atoms with Crippen LogP contribution in [0.2, 0.25) is 0 Å². The molecule has 0 spiro atoms. The number of hydrogen-bond donors (Lipinski definition) is 0. The number of rotatable bonds is 0. The van der Waals surface area contributed by atoms with Crippen molar-refractivity contribution in [2.24, 2.45) is 0 Å². The fraction of sp³-hybridized carbons (Fsp3) is 0. The molecule has 0 saturated carbocycles. The van der Waals surface area contributed by atoms with Gasteiger partial charge in [0.1, 0.15) is 0 Å². The Hall–Kier alpha value is -4.28. The molecule has 0 aromatic heterocycles. The minimum atomic E-state index is -0.976. The van der Waals surface area contributed by atoms with E-state index in [0.717, 1.165) is 21.5 Å². The van der Waals surface area contributed by atoms with E-state index in [1.165, 1.54) is 0 Å². The largest absolute Gasteiger partial charge is 0.430 e. The van der Waals surface area contributed by atoms with E-state index in [0.29, 0.717) is 11.1 Å². The highest BCUT2D eigenvalue weighted by Gasteiger charge is 2.07. The molecule has 0 saturated heterocycles. The second-order valence-electron chi connectivity index (χ2n) is 5.91. The smallest absolute Gasteiger partial charge is 0.231 e. The van der Waals surface area contributed by atoms with Gasteiger partial charge in [0.2, 0.25) is 0 Å². The fourth-order valence-corrected chi connectivity index (χ4v) is 2.90. The highest BCUT2D eigenvalue weighted by molar-refractivity contribution is 6.12. The quantitative estimate of drug-likeness (QED) is 0.270. The lowest BCUT2D eigenvalue weighted by atomic mass is 9.96. The molecule has 0 amide bonds. The lowest BCUT2D eigenvalue weighted by Crippen LogP contribution is -2.07. The Morgan fingerprint density at radius 1 is 0.643 bits per heavy atom. The van der Waals surface area contributed by atoms with Gasteiger partial charge in [-0.15, -0.1) is 0 Å². The number of hydrogen-bond acceptors (Lipinski definition) is 4. The van der Waals surface area contributed by atoms with Gasteiger partial charge in [-0.25, -0.2) is 19.4 Å². The molecule has 0 aliphatic heterocycles. The van der Waals surface area contributed by atoms with Crippen molar-refractivity contribution in [2.75, 3.05) is 0 Å². The van der Waals surface area contributed by atoms with Crippen LogP contribution in [-0.4, -0.2) is 11.9 Å². The van der Waals surface area contributed by atoms with E-state index in [9.17, 15) is 9.59 Å². The zero-order valence-corrected chi connectivity index (χ0v) is 14.6. The third-order valence-corrected chi connectivity index (χ3v) is 4.12. The van der Waals surface area contributed by atoms with Crippen molar-refractivity contribution in [3.8, 4) is 23.7 Å². The van der Waals surface area contributed by atoms with Crippen molar-refractivity contribution >= 4 is 33.5 Å². The van der Waals surface area contributed by atoms with Crippen molar-refractivity contribution in [3.05, 3.63) is 83.9 Å². The number of carbonyl (C=O) groups excluding carboxylic acids is 2. The van der Waals surface area contributed by atoms with Crippen LogP contribution < -0.4 is 0 Å². The second-order valence-corrected chi connectivity index (χ2v) is 5.91. The van der Waals surface area contributed by atoms with Gasteiger partial charge in [-0.05, 0) is 34.4 Å². The molecule has 0 aliphatic rings. The van der Waals surface area contributed by atoms with Crippen LogP contribution in [0, 0.1) is 23.7 Å². The fourth-order valence-electron chi connectivity index (χ4n) is 2.90. The number of fused-ring (bicyclic) bond motifs is 2. The summed E-state index contributed by atoms with van der Waals surface area (Å²) in [4.78, 5) is 32.1. The molecular formula is C24H12O4. The van der Waals surface area contributed by atoms with Crippen LogP contribution in [0.4, 0.5) is 0 Å². The summed E-state index contributed by atoms with van der Waals surface area (Å²) in [7, 11) is 0. The van der Waals surface area contributed by atoms with Gasteiger partial charge in [-0.3, -0.25) is 0 Å². The summed E-state index contributed by atoms with van der Waals surface area (Å²) in [5.41, 5.74) is 1.35. The van der Waals surface area contributed by atoms with E-state index < -0.39 is 11.9 Å². The molecule has 0 aliphatic carbocycles. The van der Waals surface area contributed by atoms with Crippen LogP contribution in [0.25, 0.3) is 21.5 Å². The second kappa shape index (κ2) is 7.53. The molecule has 132 valence electrons. The molecule has 4 nitrogen and oxygen atoms in total. The van der Waals surface area contributed by atoms with Gasteiger partial charge in [0.05, 0.1) is 0 Å². The van der Waals surface area contributed by atoms with Crippen LogP contribution in [0.3, 0.4) is 0 Å². The Kier molecular flexibility index (Phi) is 4.61. The van der Waals surface area contributed by atoms with Crippen molar-refractivity contribution in [1.29, 1.82) is 0 Å². The van der Waals surface area contributed by atoms with Crippen molar-refractivity contribution in [3.63, 3.8) is 0 Å². The van der Waals surface area contributed by atoms with Crippen molar-refractivity contribution in [2.45, 2.75) is 0 Å². The van der Waals surface area contributed by atoms with Gasteiger partial charge in [0.25, 0.3) is 0 Å². The minimum absolute atomic E-state index is 0.646. The maximum absolute atomic E-state index is 11.8. The number of carbonyl (C=O) groups is 2. The SMILES string of the molecule is O=C(C#Cc1ccccc1)OOC(=O)C#Cc1cccc2c3ccc(cc3)c12. The lowest BCUT2D eigenvalue weighted by Gasteiger charge is -2.08. The molecule has 0 atom stereocenters.